The molecule has 0 saturated heterocycles. The van der Waals surface area contributed by atoms with Crippen LogP contribution in [0.25, 0.3) is 42.5 Å². The van der Waals surface area contributed by atoms with E-state index >= 15 is 0 Å². The molecule has 0 amide bonds. The highest BCUT2D eigenvalue weighted by molar-refractivity contribution is 7.16. The first-order valence-electron chi connectivity index (χ1n) is 33.6. The molecule has 0 atom stereocenters. The zero-order chi connectivity index (χ0) is 58.3. The predicted octanol–water partition coefficient (Wildman–Crippen LogP) is 25.4. The summed E-state index contributed by atoms with van der Waals surface area (Å²) in [6, 6.07) is 2.01. The van der Waals surface area contributed by atoms with E-state index in [9.17, 15) is 15.2 Å². The zero-order valence-corrected chi connectivity index (χ0v) is 56.1. The van der Waals surface area contributed by atoms with Gasteiger partial charge in [0.2, 0.25) is 0 Å². The van der Waals surface area contributed by atoms with E-state index in [4.69, 9.17) is 0 Å². The van der Waals surface area contributed by atoms with Gasteiger partial charge in [0.25, 0.3) is 0 Å². The van der Waals surface area contributed by atoms with Gasteiger partial charge in [-0.1, -0.05) is 209 Å². The number of carboxylic acids is 1. The normalized spacial score (nSPS) is 12.2. The number of nitriles is 1. The Bertz CT molecular complexity index is 2510. The van der Waals surface area contributed by atoms with Crippen molar-refractivity contribution in [1.29, 1.82) is 5.26 Å². The van der Waals surface area contributed by atoms with Crippen LogP contribution in [0.4, 0.5) is 0 Å². The highest BCUT2D eigenvalue weighted by Crippen LogP contribution is 2.41. The Kier molecular flexibility index (Phi) is 37.6. The molecule has 4 aromatic rings. The number of aryl methyl sites for hydroxylation is 1. The SMILES string of the molecule is CCCCCCc1csc(/C=C/c2sc(/C=C/c3sc(/C=C/c4sc(/C=C(\C#N)C(=O)O)c(CCCCCC)c4CCCCCC)c(CCCCCC)c3CCCCCC)c(CCCCCC)c2CCCCCC)c1CCCCCC. The largest absolute Gasteiger partial charge is 0.477 e. The molecule has 3 nitrogen and oxygen atoms in total. The third-order valence-electron chi connectivity index (χ3n) is 16.6. The molecule has 4 rings (SSSR count). The van der Waals surface area contributed by atoms with E-state index in [0.29, 0.717) is 0 Å². The van der Waals surface area contributed by atoms with Gasteiger partial charge < -0.3 is 5.11 Å². The molecule has 0 aliphatic carbocycles. The van der Waals surface area contributed by atoms with Gasteiger partial charge in [-0.3, -0.25) is 0 Å². The standard InChI is InChI=1S/C74H113NO2S4/c1-9-17-25-33-41-58-57-78-67(60(58)42-34-26-18-10-2)49-50-68-61(43-35-27-19-11-3)62(44-36-28-20-12-4)69(79-68)51-52-70-63(45-37-29-21-13-5)64(46-38-30-22-14-6)71(80-70)53-54-72-65(47-39-31-23-15-7)66(48-40-32-24-16-8)73(81-72)55-59(56-75)74(76)77/h49-55,57H,9-48H2,1-8H3,(H,76,77)/b50-49+,52-51+,54-53+,59-55+. The number of hydrogen-bond acceptors (Lipinski definition) is 6. The average Bonchev–Trinajstić information content (AvgIpc) is 4.24. The van der Waals surface area contributed by atoms with E-state index in [1.54, 1.807) is 50.8 Å². The van der Waals surface area contributed by atoms with Crippen molar-refractivity contribution in [3.63, 3.8) is 0 Å². The highest BCUT2D eigenvalue weighted by atomic mass is 32.1. The Balaban J connectivity index is 1.95. The lowest BCUT2D eigenvalue weighted by molar-refractivity contribution is -0.132. The average molecular weight is 1180 g/mol. The van der Waals surface area contributed by atoms with E-state index in [2.05, 4.69) is 109 Å². The van der Waals surface area contributed by atoms with Crippen LogP contribution in [0, 0.1) is 11.3 Å². The molecule has 0 fully saturated rings. The maximum absolute atomic E-state index is 12.3. The van der Waals surface area contributed by atoms with E-state index in [-0.39, 0.29) is 5.57 Å². The lowest BCUT2D eigenvalue weighted by Crippen LogP contribution is -1.99. The van der Waals surface area contributed by atoms with Crippen LogP contribution in [0.5, 0.6) is 0 Å². The monoisotopic (exact) mass is 1180 g/mol. The maximum atomic E-state index is 12.3. The Morgan fingerprint density at radius 2 is 0.605 bits per heavy atom. The first kappa shape index (κ1) is 70.2. The van der Waals surface area contributed by atoms with Crippen molar-refractivity contribution in [2.45, 2.75) is 312 Å². The van der Waals surface area contributed by atoms with E-state index in [1.807, 2.05) is 28.7 Å². The second-order valence-corrected chi connectivity index (χ2v) is 27.6. The lowest BCUT2D eigenvalue weighted by Gasteiger charge is -2.09. The van der Waals surface area contributed by atoms with Gasteiger partial charge in [0.15, 0.2) is 0 Å². The zero-order valence-electron chi connectivity index (χ0n) is 52.8. The summed E-state index contributed by atoms with van der Waals surface area (Å²) in [6.45, 7) is 18.5. The van der Waals surface area contributed by atoms with Gasteiger partial charge in [0.05, 0.1) is 0 Å². The molecule has 450 valence electrons. The van der Waals surface area contributed by atoms with Crippen molar-refractivity contribution in [2.75, 3.05) is 0 Å². The number of rotatable bonds is 48. The number of thiophene rings is 4. The van der Waals surface area contributed by atoms with Crippen LogP contribution in [0.1, 0.15) is 340 Å². The number of aliphatic carboxylic acids is 1. The summed E-state index contributed by atoms with van der Waals surface area (Å²) in [5, 5.41) is 22.5. The van der Waals surface area contributed by atoms with Crippen molar-refractivity contribution in [1.82, 2.24) is 0 Å². The Morgan fingerprint density at radius 3 is 0.877 bits per heavy atom. The number of hydrogen-bond donors (Lipinski definition) is 1. The topological polar surface area (TPSA) is 61.1 Å². The molecule has 1 N–H and O–H groups in total. The molecule has 81 heavy (non-hydrogen) atoms. The predicted molar refractivity (Wildman–Crippen MR) is 368 cm³/mol. The van der Waals surface area contributed by atoms with Crippen LogP contribution < -0.4 is 0 Å². The second-order valence-electron chi connectivity index (χ2n) is 23.4. The second kappa shape index (κ2) is 43.4. The molecule has 0 unspecified atom stereocenters. The van der Waals surface area contributed by atoms with Gasteiger partial charge in [-0.2, -0.15) is 5.26 Å². The third kappa shape index (κ3) is 25.1. The van der Waals surface area contributed by atoms with Crippen LogP contribution in [-0.4, -0.2) is 11.1 Å². The number of unbranched alkanes of at least 4 members (excludes halogenated alkanes) is 24. The van der Waals surface area contributed by atoms with Crippen molar-refractivity contribution >= 4 is 93.8 Å². The fourth-order valence-electron chi connectivity index (χ4n) is 11.7. The Morgan fingerprint density at radius 1 is 0.358 bits per heavy atom. The molecule has 0 saturated carbocycles. The smallest absolute Gasteiger partial charge is 0.346 e. The van der Waals surface area contributed by atoms with Gasteiger partial charge in [-0.25, -0.2) is 4.79 Å². The van der Waals surface area contributed by atoms with Crippen molar-refractivity contribution in [2.24, 2.45) is 0 Å². The van der Waals surface area contributed by atoms with Gasteiger partial charge in [0, 0.05) is 34.1 Å². The van der Waals surface area contributed by atoms with Gasteiger partial charge in [-0.05, 0) is 195 Å². The molecule has 0 aliphatic heterocycles. The Hall–Kier alpha value is -3.28. The Labute approximate surface area is 513 Å². The van der Waals surface area contributed by atoms with Gasteiger partial charge in [-0.15, -0.1) is 45.3 Å². The van der Waals surface area contributed by atoms with Crippen LogP contribution in [0.15, 0.2) is 11.0 Å². The van der Waals surface area contributed by atoms with Crippen LogP contribution in [0.2, 0.25) is 0 Å². The molecule has 4 aromatic heterocycles. The number of carboxylic acid groups (broad SMARTS) is 1. The first-order chi connectivity index (χ1) is 39.7. The third-order valence-corrected chi connectivity index (χ3v) is 21.2. The minimum absolute atomic E-state index is 0.176. The quantitative estimate of drug-likeness (QED) is 0.0272. The molecule has 0 radical (unpaired) electrons. The molecular weight excluding hydrogens is 1060 g/mol. The van der Waals surface area contributed by atoms with Crippen molar-refractivity contribution in [3.8, 4) is 6.07 Å². The van der Waals surface area contributed by atoms with Crippen LogP contribution in [-0.2, 0) is 56.2 Å². The van der Waals surface area contributed by atoms with E-state index in [1.165, 1.54) is 239 Å². The molecule has 0 aliphatic rings. The summed E-state index contributed by atoms with van der Waals surface area (Å²) < 4.78 is 0. The molecule has 4 heterocycles. The fourth-order valence-corrected chi connectivity index (χ4v) is 16.4. The van der Waals surface area contributed by atoms with Gasteiger partial charge in [0.1, 0.15) is 11.6 Å². The van der Waals surface area contributed by atoms with E-state index in [0.717, 1.165) is 62.7 Å². The minimum atomic E-state index is -1.15. The summed E-state index contributed by atoms with van der Waals surface area (Å²) in [4.78, 5) is 21.8. The summed E-state index contributed by atoms with van der Waals surface area (Å²) >= 11 is 7.78. The first-order valence-corrected chi connectivity index (χ1v) is 37.0. The summed E-state index contributed by atoms with van der Waals surface area (Å²) in [7, 11) is 0. The summed E-state index contributed by atoms with van der Waals surface area (Å²) in [5.41, 5.74) is 12.1. The maximum Gasteiger partial charge on any atom is 0.346 e. The number of nitrogens with zero attached hydrogens (tertiary/aromatic N) is 1. The molecular formula is C74H113NO2S4. The summed E-state index contributed by atoms with van der Waals surface area (Å²) in [5.74, 6) is -1.15. The van der Waals surface area contributed by atoms with Crippen LogP contribution in [0.3, 0.4) is 0 Å². The number of carbonyl (C=O) groups is 1. The van der Waals surface area contributed by atoms with Crippen LogP contribution >= 0.6 is 45.3 Å². The molecule has 0 bridgehead atoms. The summed E-state index contributed by atoms with van der Waals surface area (Å²) in [6.07, 6.45) is 65.6. The van der Waals surface area contributed by atoms with Gasteiger partial charge >= 0.3 is 5.97 Å². The molecule has 0 spiro atoms. The minimum Gasteiger partial charge on any atom is -0.477 e. The lowest BCUT2D eigenvalue weighted by atomic mass is 9.95. The molecule has 0 aromatic carbocycles. The van der Waals surface area contributed by atoms with Crippen molar-refractivity contribution < 1.29 is 9.90 Å². The highest BCUT2D eigenvalue weighted by Gasteiger charge is 2.21. The van der Waals surface area contributed by atoms with E-state index < -0.39 is 5.97 Å². The fraction of sp³-hybridized carbons (Fsp3) is 0.649. The molecule has 7 heteroatoms. The van der Waals surface area contributed by atoms with Crippen molar-refractivity contribution in [3.05, 3.63) is 89.6 Å².